The fraction of sp³-hybridized carbons (Fsp3) is 0.467. The zero-order chi connectivity index (χ0) is 15.5. The molecule has 0 aliphatic carbocycles. The van der Waals surface area contributed by atoms with Crippen molar-refractivity contribution in [1.29, 1.82) is 0 Å². The van der Waals surface area contributed by atoms with Crippen LogP contribution in [0.5, 0.6) is 0 Å². The van der Waals surface area contributed by atoms with Crippen molar-refractivity contribution in [3.63, 3.8) is 0 Å². The number of halogens is 1. The maximum absolute atomic E-state index is 12.1. The van der Waals surface area contributed by atoms with Crippen molar-refractivity contribution in [1.82, 2.24) is 5.32 Å². The van der Waals surface area contributed by atoms with Gasteiger partial charge in [0.05, 0.1) is 0 Å². The van der Waals surface area contributed by atoms with Crippen LogP contribution in [0.4, 0.5) is 0 Å². The molecule has 1 atom stereocenters. The fourth-order valence-corrected chi connectivity index (χ4v) is 1.83. The normalized spacial score (nSPS) is 12.7. The van der Waals surface area contributed by atoms with Crippen molar-refractivity contribution in [3.8, 4) is 0 Å². The molecule has 0 aliphatic heterocycles. The van der Waals surface area contributed by atoms with Crippen molar-refractivity contribution in [3.05, 3.63) is 34.3 Å². The molecule has 1 aromatic carbocycles. The number of hydrogen-bond donors (Lipinski definition) is 1. The summed E-state index contributed by atoms with van der Waals surface area (Å²) in [5.41, 5.74) is 0.669. The van der Waals surface area contributed by atoms with Crippen molar-refractivity contribution >= 4 is 23.5 Å². The summed E-state index contributed by atoms with van der Waals surface area (Å²) in [6.45, 7) is 8.73. The molecule has 0 fully saturated rings. The van der Waals surface area contributed by atoms with Gasteiger partial charge in [0.2, 0.25) is 0 Å². The number of hydrogen-bond acceptors (Lipinski definition) is 3. The van der Waals surface area contributed by atoms with Gasteiger partial charge < -0.3 is 10.1 Å². The average molecular weight is 298 g/mol. The Morgan fingerprint density at radius 3 is 2.40 bits per heavy atom. The summed E-state index contributed by atoms with van der Waals surface area (Å²) < 4.78 is 5.21. The van der Waals surface area contributed by atoms with Crippen molar-refractivity contribution < 1.29 is 14.3 Å². The Morgan fingerprint density at radius 1 is 1.30 bits per heavy atom. The summed E-state index contributed by atoms with van der Waals surface area (Å²) in [5, 5.41) is 3.19. The quantitative estimate of drug-likeness (QED) is 0.872. The number of aryl methyl sites for hydroxylation is 1. The zero-order valence-electron chi connectivity index (χ0n) is 12.4. The predicted molar refractivity (Wildman–Crippen MR) is 79.0 cm³/mol. The summed E-state index contributed by atoms with van der Waals surface area (Å²) in [6.07, 6.45) is 0. The van der Waals surface area contributed by atoms with E-state index in [1.807, 2.05) is 0 Å². The van der Waals surface area contributed by atoms with E-state index in [-0.39, 0.29) is 5.91 Å². The van der Waals surface area contributed by atoms with Crippen LogP contribution in [0.15, 0.2) is 18.2 Å². The molecule has 0 saturated carbocycles. The summed E-state index contributed by atoms with van der Waals surface area (Å²) in [6, 6.07) is 4.27. The summed E-state index contributed by atoms with van der Waals surface area (Å²) in [5.74, 6) is -0.782. The molecule has 0 aliphatic rings. The Morgan fingerprint density at radius 2 is 1.90 bits per heavy atom. The fourth-order valence-electron chi connectivity index (χ4n) is 1.61. The molecule has 0 unspecified atom stereocenters. The lowest BCUT2D eigenvalue weighted by Crippen LogP contribution is -2.42. The van der Waals surface area contributed by atoms with E-state index in [1.165, 1.54) is 0 Å². The topological polar surface area (TPSA) is 55.4 Å². The molecule has 0 radical (unpaired) electrons. The number of ether oxygens (including phenoxy) is 1. The van der Waals surface area contributed by atoms with Gasteiger partial charge in [0.15, 0.2) is 0 Å². The highest BCUT2D eigenvalue weighted by molar-refractivity contribution is 6.30. The van der Waals surface area contributed by atoms with Crippen LogP contribution in [0.2, 0.25) is 5.02 Å². The van der Waals surface area contributed by atoms with E-state index in [0.29, 0.717) is 10.6 Å². The van der Waals surface area contributed by atoms with Gasteiger partial charge in [-0.3, -0.25) is 4.79 Å². The van der Waals surface area contributed by atoms with E-state index in [4.69, 9.17) is 16.3 Å². The van der Waals surface area contributed by atoms with Gasteiger partial charge in [-0.1, -0.05) is 11.6 Å². The smallest absolute Gasteiger partial charge is 0.328 e. The van der Waals surface area contributed by atoms with Crippen molar-refractivity contribution in [2.75, 3.05) is 0 Å². The third kappa shape index (κ3) is 4.85. The molecule has 1 amide bonds. The number of carbonyl (C=O) groups is 2. The third-order valence-corrected chi connectivity index (χ3v) is 2.78. The maximum atomic E-state index is 12.1. The summed E-state index contributed by atoms with van der Waals surface area (Å²) in [4.78, 5) is 23.9. The van der Waals surface area contributed by atoms with E-state index in [0.717, 1.165) is 5.56 Å². The van der Waals surface area contributed by atoms with Gasteiger partial charge in [0.1, 0.15) is 11.6 Å². The lowest BCUT2D eigenvalue weighted by molar-refractivity contribution is -0.156. The van der Waals surface area contributed by atoms with Crippen LogP contribution in [0.25, 0.3) is 0 Å². The molecule has 1 rings (SSSR count). The molecule has 0 aromatic heterocycles. The number of rotatable bonds is 3. The van der Waals surface area contributed by atoms with Crippen LogP contribution in [0.3, 0.4) is 0 Å². The minimum absolute atomic E-state index is 0.322. The first kappa shape index (κ1) is 16.5. The van der Waals surface area contributed by atoms with E-state index >= 15 is 0 Å². The third-order valence-electron chi connectivity index (χ3n) is 2.54. The Labute approximate surface area is 124 Å². The zero-order valence-corrected chi connectivity index (χ0v) is 13.2. The lowest BCUT2D eigenvalue weighted by atomic mass is 10.1. The predicted octanol–water partition coefficient (Wildman–Crippen LogP) is 3.11. The van der Waals surface area contributed by atoms with Gasteiger partial charge >= 0.3 is 5.97 Å². The van der Waals surface area contributed by atoms with Gasteiger partial charge in [-0.05, 0) is 58.4 Å². The van der Waals surface area contributed by atoms with Crippen LogP contribution in [-0.2, 0) is 9.53 Å². The van der Waals surface area contributed by atoms with E-state index in [9.17, 15) is 9.59 Å². The van der Waals surface area contributed by atoms with Crippen molar-refractivity contribution in [2.45, 2.75) is 46.3 Å². The molecule has 0 bridgehead atoms. The minimum Gasteiger partial charge on any atom is -0.458 e. The number of carbonyl (C=O) groups excluding carboxylic acids is 2. The van der Waals surface area contributed by atoms with E-state index < -0.39 is 17.6 Å². The highest BCUT2D eigenvalue weighted by Gasteiger charge is 2.23. The lowest BCUT2D eigenvalue weighted by Gasteiger charge is -2.22. The second-order valence-corrected chi connectivity index (χ2v) is 6.12. The molecule has 1 N–H and O–H groups in total. The first-order valence-corrected chi connectivity index (χ1v) is 6.78. The molecule has 4 nitrogen and oxygen atoms in total. The van der Waals surface area contributed by atoms with Gasteiger partial charge in [-0.2, -0.15) is 0 Å². The van der Waals surface area contributed by atoms with E-state index in [2.05, 4.69) is 5.32 Å². The SMILES string of the molecule is Cc1cc(Cl)ccc1C(=O)N[C@@H](C)C(=O)OC(C)(C)C. The monoisotopic (exact) mass is 297 g/mol. The molecule has 0 spiro atoms. The number of benzene rings is 1. The molecule has 1 aromatic rings. The van der Waals surface area contributed by atoms with Gasteiger partial charge in [0, 0.05) is 10.6 Å². The molecule has 0 saturated heterocycles. The molecule has 20 heavy (non-hydrogen) atoms. The Hall–Kier alpha value is -1.55. The first-order chi connectivity index (χ1) is 9.10. The van der Waals surface area contributed by atoms with Crippen LogP contribution in [-0.4, -0.2) is 23.5 Å². The van der Waals surface area contributed by atoms with Crippen LogP contribution in [0, 0.1) is 6.92 Å². The molecule has 110 valence electrons. The summed E-state index contributed by atoms with van der Waals surface area (Å²) >= 11 is 5.84. The number of nitrogens with one attached hydrogen (secondary N) is 1. The maximum Gasteiger partial charge on any atom is 0.328 e. The Bertz CT molecular complexity index is 520. The second kappa shape index (κ2) is 6.27. The minimum atomic E-state index is -0.711. The summed E-state index contributed by atoms with van der Waals surface area (Å²) in [7, 11) is 0. The standard InChI is InChI=1S/C15H20ClNO3/c1-9-8-11(16)6-7-12(9)13(18)17-10(2)14(19)20-15(3,4)5/h6-8,10H,1-5H3,(H,17,18)/t10-/m0/s1. The Balaban J connectivity index is 2.73. The molecular formula is C15H20ClNO3. The number of esters is 1. The van der Waals surface area contributed by atoms with Gasteiger partial charge in [-0.15, -0.1) is 0 Å². The van der Waals surface area contributed by atoms with Crippen LogP contribution < -0.4 is 5.32 Å². The highest BCUT2D eigenvalue weighted by Crippen LogP contribution is 2.15. The second-order valence-electron chi connectivity index (χ2n) is 5.69. The van der Waals surface area contributed by atoms with E-state index in [1.54, 1.807) is 52.8 Å². The van der Waals surface area contributed by atoms with Crippen LogP contribution in [0.1, 0.15) is 43.6 Å². The van der Waals surface area contributed by atoms with Gasteiger partial charge in [0.25, 0.3) is 5.91 Å². The van der Waals surface area contributed by atoms with Gasteiger partial charge in [-0.25, -0.2) is 4.79 Å². The van der Waals surface area contributed by atoms with Crippen molar-refractivity contribution in [2.24, 2.45) is 0 Å². The first-order valence-electron chi connectivity index (χ1n) is 6.40. The average Bonchev–Trinajstić information content (AvgIpc) is 2.26. The molecule has 0 heterocycles. The molecular weight excluding hydrogens is 278 g/mol. The van der Waals surface area contributed by atoms with Crippen LogP contribution >= 0.6 is 11.6 Å². The Kier molecular flexibility index (Phi) is 5.17. The highest BCUT2D eigenvalue weighted by atomic mass is 35.5. The molecule has 5 heteroatoms. The largest absolute Gasteiger partial charge is 0.458 e. The number of amides is 1.